The summed E-state index contributed by atoms with van der Waals surface area (Å²) in [6.07, 6.45) is 0.831. The first kappa shape index (κ1) is 15.3. The van der Waals surface area contributed by atoms with Gasteiger partial charge in [0.15, 0.2) is 6.61 Å². The number of carbonyl (C=O) groups excluding carboxylic acids is 2. The number of nitrogens with two attached hydrogens (primary N) is 1. The summed E-state index contributed by atoms with van der Waals surface area (Å²) in [4.78, 5) is 24.0. The van der Waals surface area contributed by atoms with Gasteiger partial charge in [-0.05, 0) is 43.0 Å². The molecule has 0 bridgehead atoms. The smallest absolute Gasteiger partial charge is 0.348 e. The lowest BCUT2D eigenvalue weighted by Crippen LogP contribution is -2.35. The van der Waals surface area contributed by atoms with E-state index < -0.39 is 5.97 Å². The molecule has 0 saturated heterocycles. The number of amides is 1. The lowest BCUT2D eigenvalue weighted by molar-refractivity contribution is -0.124. The van der Waals surface area contributed by atoms with Crippen molar-refractivity contribution >= 4 is 39.0 Å². The molecule has 21 heavy (non-hydrogen) atoms. The first-order chi connectivity index (χ1) is 9.99. The van der Waals surface area contributed by atoms with Crippen molar-refractivity contribution in [3.8, 4) is 0 Å². The molecule has 2 rings (SSSR count). The van der Waals surface area contributed by atoms with Gasteiger partial charge >= 0.3 is 5.97 Å². The van der Waals surface area contributed by atoms with E-state index in [1.807, 2.05) is 19.9 Å². The van der Waals surface area contributed by atoms with Crippen LogP contribution >= 0.6 is 11.3 Å². The molecule has 1 unspecified atom stereocenters. The second-order valence-electron chi connectivity index (χ2n) is 4.86. The van der Waals surface area contributed by atoms with Gasteiger partial charge in [0.05, 0.1) is 0 Å². The summed E-state index contributed by atoms with van der Waals surface area (Å²) in [5.74, 6) is -0.780. The van der Waals surface area contributed by atoms with Gasteiger partial charge in [-0.15, -0.1) is 11.3 Å². The molecule has 0 fully saturated rings. The second kappa shape index (κ2) is 6.58. The molecule has 3 N–H and O–H groups in total. The van der Waals surface area contributed by atoms with Crippen LogP contribution in [0.15, 0.2) is 24.3 Å². The number of rotatable bonds is 5. The molecule has 5 nitrogen and oxygen atoms in total. The third-order valence-electron chi connectivity index (χ3n) is 3.10. The Kier molecular flexibility index (Phi) is 4.80. The Labute approximate surface area is 127 Å². The van der Waals surface area contributed by atoms with Crippen LogP contribution in [0.25, 0.3) is 10.1 Å². The Hall–Kier alpha value is -2.08. The fourth-order valence-corrected chi connectivity index (χ4v) is 2.72. The summed E-state index contributed by atoms with van der Waals surface area (Å²) in [6, 6.07) is 7.25. The summed E-state index contributed by atoms with van der Waals surface area (Å²) in [7, 11) is 0. The number of nitrogen functional groups attached to an aromatic ring is 1. The van der Waals surface area contributed by atoms with E-state index in [0.29, 0.717) is 10.6 Å². The quantitative estimate of drug-likeness (QED) is 0.657. The van der Waals surface area contributed by atoms with Crippen molar-refractivity contribution in [3.63, 3.8) is 0 Å². The molecule has 1 amide bonds. The molecule has 0 aliphatic carbocycles. The van der Waals surface area contributed by atoms with Gasteiger partial charge < -0.3 is 15.8 Å². The van der Waals surface area contributed by atoms with Crippen molar-refractivity contribution in [2.24, 2.45) is 0 Å². The van der Waals surface area contributed by atoms with Gasteiger partial charge in [-0.3, -0.25) is 4.79 Å². The van der Waals surface area contributed by atoms with Gasteiger partial charge in [0.2, 0.25) is 0 Å². The minimum atomic E-state index is -0.492. The summed E-state index contributed by atoms with van der Waals surface area (Å²) in [6.45, 7) is 3.61. The van der Waals surface area contributed by atoms with Crippen molar-refractivity contribution in [3.05, 3.63) is 29.1 Å². The van der Waals surface area contributed by atoms with Crippen LogP contribution in [0.5, 0.6) is 0 Å². The molecule has 0 spiro atoms. The van der Waals surface area contributed by atoms with E-state index in [1.54, 1.807) is 18.2 Å². The number of fused-ring (bicyclic) bond motifs is 1. The minimum Gasteiger partial charge on any atom is -0.451 e. The SMILES string of the molecule is CCC(C)NC(=O)COC(=O)c1cc2cc(N)ccc2s1. The van der Waals surface area contributed by atoms with Crippen LogP contribution in [-0.2, 0) is 9.53 Å². The average molecular weight is 306 g/mol. The monoisotopic (exact) mass is 306 g/mol. The number of anilines is 1. The third kappa shape index (κ3) is 3.95. The van der Waals surface area contributed by atoms with E-state index in [9.17, 15) is 9.59 Å². The molecular formula is C15H18N2O3S. The largest absolute Gasteiger partial charge is 0.451 e. The van der Waals surface area contributed by atoms with Gasteiger partial charge in [0.25, 0.3) is 5.91 Å². The minimum absolute atomic E-state index is 0.0727. The molecule has 1 atom stereocenters. The number of nitrogens with one attached hydrogen (secondary N) is 1. The molecule has 2 aromatic rings. The van der Waals surface area contributed by atoms with Crippen LogP contribution in [0.1, 0.15) is 29.9 Å². The first-order valence-corrected chi connectivity index (χ1v) is 7.56. The van der Waals surface area contributed by atoms with Crippen molar-refractivity contribution in [1.29, 1.82) is 0 Å². The van der Waals surface area contributed by atoms with Crippen molar-refractivity contribution in [2.75, 3.05) is 12.3 Å². The predicted molar refractivity (Wildman–Crippen MR) is 84.4 cm³/mol. The van der Waals surface area contributed by atoms with Gasteiger partial charge in [-0.25, -0.2) is 4.79 Å². The summed E-state index contributed by atoms with van der Waals surface area (Å²) >= 11 is 1.32. The number of ether oxygens (including phenoxy) is 1. The molecule has 0 radical (unpaired) electrons. The van der Waals surface area contributed by atoms with E-state index in [4.69, 9.17) is 10.5 Å². The molecule has 1 heterocycles. The Morgan fingerprint density at radius 1 is 1.38 bits per heavy atom. The van der Waals surface area contributed by atoms with Crippen LogP contribution in [0, 0.1) is 0 Å². The maximum absolute atomic E-state index is 11.9. The summed E-state index contributed by atoms with van der Waals surface area (Å²) in [5, 5.41) is 3.64. The Morgan fingerprint density at radius 2 is 2.14 bits per heavy atom. The number of hydrogen-bond acceptors (Lipinski definition) is 5. The van der Waals surface area contributed by atoms with E-state index in [-0.39, 0.29) is 18.6 Å². The third-order valence-corrected chi connectivity index (χ3v) is 4.19. The van der Waals surface area contributed by atoms with Crippen molar-refractivity contribution in [1.82, 2.24) is 5.32 Å². The van der Waals surface area contributed by atoms with Crippen LogP contribution in [0.3, 0.4) is 0 Å². The maximum atomic E-state index is 11.9. The zero-order valence-corrected chi connectivity index (χ0v) is 12.8. The van der Waals surface area contributed by atoms with E-state index >= 15 is 0 Å². The average Bonchev–Trinajstić information content (AvgIpc) is 2.87. The molecule has 0 aliphatic rings. The zero-order chi connectivity index (χ0) is 15.4. The van der Waals surface area contributed by atoms with Gasteiger partial charge in [0.1, 0.15) is 4.88 Å². The highest BCUT2D eigenvalue weighted by molar-refractivity contribution is 7.20. The zero-order valence-electron chi connectivity index (χ0n) is 12.0. The van der Waals surface area contributed by atoms with Crippen molar-refractivity contribution < 1.29 is 14.3 Å². The van der Waals surface area contributed by atoms with E-state index in [1.165, 1.54) is 11.3 Å². The summed E-state index contributed by atoms with van der Waals surface area (Å²) < 4.78 is 5.98. The fourth-order valence-electron chi connectivity index (χ4n) is 1.78. The number of benzene rings is 1. The standard InChI is InChI=1S/C15H18N2O3S/c1-3-9(2)17-14(18)8-20-15(19)13-7-10-6-11(16)4-5-12(10)21-13/h4-7,9H,3,8,16H2,1-2H3,(H,17,18). The molecular weight excluding hydrogens is 288 g/mol. The highest BCUT2D eigenvalue weighted by Crippen LogP contribution is 2.27. The highest BCUT2D eigenvalue weighted by atomic mass is 32.1. The summed E-state index contributed by atoms with van der Waals surface area (Å²) in [5.41, 5.74) is 6.35. The van der Waals surface area contributed by atoms with Crippen LogP contribution in [-0.4, -0.2) is 24.5 Å². The maximum Gasteiger partial charge on any atom is 0.348 e. The molecule has 6 heteroatoms. The number of carbonyl (C=O) groups is 2. The van der Waals surface area contributed by atoms with Gasteiger partial charge in [0, 0.05) is 16.4 Å². The van der Waals surface area contributed by atoms with Crippen LogP contribution < -0.4 is 11.1 Å². The van der Waals surface area contributed by atoms with Gasteiger partial charge in [-0.2, -0.15) is 0 Å². The molecule has 1 aromatic carbocycles. The molecule has 1 aromatic heterocycles. The topological polar surface area (TPSA) is 81.4 Å². The first-order valence-electron chi connectivity index (χ1n) is 6.75. The van der Waals surface area contributed by atoms with E-state index in [2.05, 4.69) is 5.32 Å². The fraction of sp³-hybridized carbons (Fsp3) is 0.333. The molecule has 0 saturated carbocycles. The molecule has 112 valence electrons. The van der Waals surface area contributed by atoms with Crippen molar-refractivity contribution in [2.45, 2.75) is 26.3 Å². The predicted octanol–water partition coefficient (Wildman–Crippen LogP) is 2.56. The Morgan fingerprint density at radius 3 is 2.86 bits per heavy atom. The highest BCUT2D eigenvalue weighted by Gasteiger charge is 2.14. The number of hydrogen-bond donors (Lipinski definition) is 2. The van der Waals surface area contributed by atoms with Crippen LogP contribution in [0.2, 0.25) is 0 Å². The number of thiophene rings is 1. The second-order valence-corrected chi connectivity index (χ2v) is 5.94. The Balaban J connectivity index is 1.97. The lowest BCUT2D eigenvalue weighted by Gasteiger charge is -2.10. The number of esters is 1. The Bertz CT molecular complexity index is 666. The van der Waals surface area contributed by atoms with E-state index in [0.717, 1.165) is 16.5 Å². The normalized spacial score (nSPS) is 12.1. The van der Waals surface area contributed by atoms with Crippen LogP contribution in [0.4, 0.5) is 5.69 Å². The van der Waals surface area contributed by atoms with Gasteiger partial charge in [-0.1, -0.05) is 6.92 Å². The lowest BCUT2D eigenvalue weighted by atomic mass is 10.2. The molecule has 0 aliphatic heterocycles.